The molecule has 0 aromatic heterocycles. The molecule has 0 unspecified atom stereocenters. The molecule has 0 spiro atoms. The maximum Gasteiger partial charge on any atom is 0.0761 e. The van der Waals surface area contributed by atoms with Crippen molar-refractivity contribution in [2.45, 2.75) is 32.4 Å². The average Bonchev–Trinajstić information content (AvgIpc) is 2.28. The summed E-state index contributed by atoms with van der Waals surface area (Å²) in [7, 11) is 1.95. The molecule has 90 valence electrons. The quantitative estimate of drug-likeness (QED) is 0.820. The molecule has 0 fully saturated rings. The number of benzene rings is 1. The number of nitrogens with zero attached hydrogens (tertiary/aromatic N) is 1. The van der Waals surface area contributed by atoms with Gasteiger partial charge in [-0.3, -0.25) is 0 Å². The van der Waals surface area contributed by atoms with E-state index < -0.39 is 6.10 Å². The van der Waals surface area contributed by atoms with Crippen LogP contribution in [-0.4, -0.2) is 29.4 Å². The maximum atomic E-state index is 9.41. The Balaban J connectivity index is 2.90. The molecule has 0 saturated carbocycles. The molecule has 0 radical (unpaired) electrons. The zero-order valence-electron chi connectivity index (χ0n) is 10.4. The highest BCUT2D eigenvalue weighted by atomic mass is 16.3. The maximum absolute atomic E-state index is 9.41. The Labute approximate surface area is 97.3 Å². The lowest BCUT2D eigenvalue weighted by molar-refractivity contribution is 0.199. The van der Waals surface area contributed by atoms with Crippen LogP contribution in [0.1, 0.15) is 32.4 Å². The summed E-state index contributed by atoms with van der Waals surface area (Å²) >= 11 is 0. The second kappa shape index (κ2) is 4.85. The highest BCUT2D eigenvalue weighted by molar-refractivity contribution is 5.49. The van der Waals surface area contributed by atoms with Crippen molar-refractivity contribution in [1.29, 1.82) is 0 Å². The minimum Gasteiger partial charge on any atom is -0.394 e. The molecule has 0 amide bonds. The monoisotopic (exact) mass is 223 g/mol. The van der Waals surface area contributed by atoms with Crippen LogP contribution in [0.5, 0.6) is 0 Å². The predicted molar refractivity (Wildman–Crippen MR) is 66.6 cm³/mol. The van der Waals surface area contributed by atoms with Crippen molar-refractivity contribution >= 4 is 5.69 Å². The van der Waals surface area contributed by atoms with Crippen LogP contribution in [-0.2, 0) is 0 Å². The Morgan fingerprint density at radius 3 is 2.12 bits per heavy atom. The Hall–Kier alpha value is -1.06. The van der Waals surface area contributed by atoms with Gasteiger partial charge in [-0.15, -0.1) is 0 Å². The third kappa shape index (κ3) is 2.74. The van der Waals surface area contributed by atoms with Crippen molar-refractivity contribution in [2.24, 2.45) is 0 Å². The fourth-order valence-electron chi connectivity index (χ4n) is 1.43. The molecule has 3 nitrogen and oxygen atoms in total. The Bertz CT molecular complexity index is 330. The molecule has 2 N–H and O–H groups in total. The molecule has 0 bridgehead atoms. The van der Waals surface area contributed by atoms with Crippen molar-refractivity contribution in [3.05, 3.63) is 29.8 Å². The minimum absolute atomic E-state index is 0.0989. The fourth-order valence-corrected chi connectivity index (χ4v) is 1.43. The van der Waals surface area contributed by atoms with E-state index in [1.807, 2.05) is 50.1 Å². The van der Waals surface area contributed by atoms with Crippen LogP contribution in [0.2, 0.25) is 0 Å². The van der Waals surface area contributed by atoms with Gasteiger partial charge in [0.05, 0.1) is 18.2 Å². The summed E-state index contributed by atoms with van der Waals surface area (Å²) in [6.07, 6.45) is -0.440. The summed E-state index contributed by atoms with van der Waals surface area (Å²) < 4.78 is 0. The lowest BCUT2D eigenvalue weighted by Crippen LogP contribution is -2.44. The largest absolute Gasteiger partial charge is 0.394 e. The number of aliphatic hydroxyl groups is 2. The van der Waals surface area contributed by atoms with Crippen molar-refractivity contribution in [2.75, 3.05) is 18.6 Å². The van der Waals surface area contributed by atoms with Gasteiger partial charge in [0.1, 0.15) is 0 Å². The molecule has 0 saturated heterocycles. The van der Waals surface area contributed by atoms with Crippen molar-refractivity contribution < 1.29 is 10.2 Å². The van der Waals surface area contributed by atoms with Crippen molar-refractivity contribution in [1.82, 2.24) is 0 Å². The Kier molecular flexibility index (Phi) is 3.94. The van der Waals surface area contributed by atoms with E-state index >= 15 is 0 Å². The van der Waals surface area contributed by atoms with E-state index in [1.165, 1.54) is 0 Å². The van der Waals surface area contributed by atoms with Gasteiger partial charge in [-0.1, -0.05) is 12.1 Å². The zero-order chi connectivity index (χ0) is 12.3. The topological polar surface area (TPSA) is 43.7 Å². The highest BCUT2D eigenvalue weighted by Gasteiger charge is 2.22. The minimum atomic E-state index is -0.440. The first kappa shape index (κ1) is 13.0. The summed E-state index contributed by atoms with van der Waals surface area (Å²) in [5, 5.41) is 18.7. The SMILES string of the molecule is C[C@H](O)c1ccc(N(C)C(C)(C)CO)cc1. The molecule has 0 aliphatic rings. The smallest absolute Gasteiger partial charge is 0.0761 e. The molecule has 0 aliphatic carbocycles. The Morgan fingerprint density at radius 2 is 1.75 bits per heavy atom. The first-order valence-corrected chi connectivity index (χ1v) is 5.51. The van der Waals surface area contributed by atoms with Crippen LogP contribution in [0, 0.1) is 0 Å². The van der Waals surface area contributed by atoms with Crippen LogP contribution in [0.25, 0.3) is 0 Å². The molecular formula is C13H21NO2. The molecule has 1 aromatic carbocycles. The van der Waals surface area contributed by atoms with Gasteiger partial charge in [0.25, 0.3) is 0 Å². The number of rotatable bonds is 4. The second-order valence-corrected chi connectivity index (χ2v) is 4.80. The van der Waals surface area contributed by atoms with Crippen LogP contribution in [0.15, 0.2) is 24.3 Å². The van der Waals surface area contributed by atoms with E-state index in [9.17, 15) is 10.2 Å². The van der Waals surface area contributed by atoms with Gasteiger partial charge < -0.3 is 15.1 Å². The normalized spacial score (nSPS) is 13.6. The van der Waals surface area contributed by atoms with E-state index in [4.69, 9.17) is 0 Å². The number of aliphatic hydroxyl groups excluding tert-OH is 2. The van der Waals surface area contributed by atoms with Gasteiger partial charge in [0, 0.05) is 12.7 Å². The summed E-state index contributed by atoms with van der Waals surface area (Å²) in [4.78, 5) is 2.03. The number of anilines is 1. The third-order valence-corrected chi connectivity index (χ3v) is 3.06. The summed E-state index contributed by atoms with van der Waals surface area (Å²) in [6, 6.07) is 7.73. The summed E-state index contributed by atoms with van der Waals surface area (Å²) in [5.74, 6) is 0. The highest BCUT2D eigenvalue weighted by Crippen LogP contribution is 2.23. The molecule has 16 heavy (non-hydrogen) atoms. The van der Waals surface area contributed by atoms with Gasteiger partial charge in [-0.05, 0) is 38.5 Å². The van der Waals surface area contributed by atoms with Crippen LogP contribution in [0.3, 0.4) is 0 Å². The van der Waals surface area contributed by atoms with Gasteiger partial charge in [-0.2, -0.15) is 0 Å². The van der Waals surface area contributed by atoms with E-state index in [0.717, 1.165) is 11.3 Å². The zero-order valence-corrected chi connectivity index (χ0v) is 10.4. The predicted octanol–water partition coefficient (Wildman–Crippen LogP) is 1.95. The molecule has 1 aromatic rings. The lowest BCUT2D eigenvalue weighted by Gasteiger charge is -2.36. The molecular weight excluding hydrogens is 202 g/mol. The third-order valence-electron chi connectivity index (χ3n) is 3.06. The van der Waals surface area contributed by atoms with Gasteiger partial charge in [-0.25, -0.2) is 0 Å². The number of hydrogen-bond acceptors (Lipinski definition) is 3. The van der Waals surface area contributed by atoms with Crippen LogP contribution >= 0.6 is 0 Å². The summed E-state index contributed by atoms with van der Waals surface area (Å²) in [6.45, 7) is 5.81. The lowest BCUT2D eigenvalue weighted by atomic mass is 10.0. The first-order chi connectivity index (χ1) is 7.38. The van der Waals surface area contributed by atoms with E-state index in [1.54, 1.807) is 6.92 Å². The number of likely N-dealkylation sites (N-methyl/N-ethyl adjacent to an activating group) is 1. The van der Waals surface area contributed by atoms with Gasteiger partial charge in [0.2, 0.25) is 0 Å². The molecule has 1 atom stereocenters. The molecule has 0 heterocycles. The van der Waals surface area contributed by atoms with Crippen molar-refractivity contribution in [3.63, 3.8) is 0 Å². The Morgan fingerprint density at radius 1 is 1.25 bits per heavy atom. The molecule has 1 rings (SSSR count). The van der Waals surface area contributed by atoms with Gasteiger partial charge in [0.15, 0.2) is 0 Å². The van der Waals surface area contributed by atoms with Gasteiger partial charge >= 0.3 is 0 Å². The fraction of sp³-hybridized carbons (Fsp3) is 0.538. The standard InChI is InChI=1S/C13H21NO2/c1-10(16)11-5-7-12(8-6-11)14(4)13(2,3)9-15/h5-8,10,15-16H,9H2,1-4H3/t10-/m0/s1. The molecule has 3 heteroatoms. The van der Waals surface area contributed by atoms with E-state index in [0.29, 0.717) is 0 Å². The summed E-state index contributed by atoms with van der Waals surface area (Å²) in [5.41, 5.74) is 1.65. The number of hydrogen-bond donors (Lipinski definition) is 2. The molecule has 0 aliphatic heterocycles. The van der Waals surface area contributed by atoms with Crippen LogP contribution in [0.4, 0.5) is 5.69 Å². The average molecular weight is 223 g/mol. The van der Waals surface area contributed by atoms with Crippen molar-refractivity contribution in [3.8, 4) is 0 Å². The van der Waals surface area contributed by atoms with E-state index in [2.05, 4.69) is 0 Å². The van der Waals surface area contributed by atoms with Crippen LogP contribution < -0.4 is 4.90 Å². The second-order valence-electron chi connectivity index (χ2n) is 4.80. The van der Waals surface area contributed by atoms with E-state index in [-0.39, 0.29) is 12.1 Å². The first-order valence-electron chi connectivity index (χ1n) is 5.51.